The number of hydrogen-bond donors (Lipinski definition) is 2. The van der Waals surface area contributed by atoms with Gasteiger partial charge in [0.25, 0.3) is 0 Å². The lowest BCUT2D eigenvalue weighted by molar-refractivity contribution is 0.609. The van der Waals surface area contributed by atoms with Crippen molar-refractivity contribution >= 4 is 17.4 Å². The Kier molecular flexibility index (Phi) is 2.93. The quantitative estimate of drug-likeness (QED) is 0.573. The van der Waals surface area contributed by atoms with Crippen LogP contribution in [0.4, 0.5) is 0 Å². The molecule has 3 N–H and O–H groups in total. The molecule has 0 atom stereocenters. The number of amidine groups is 1. The van der Waals surface area contributed by atoms with E-state index >= 15 is 0 Å². The smallest absolute Gasteiger partial charge is 0.0923 e. The summed E-state index contributed by atoms with van der Waals surface area (Å²) < 4.78 is 1.78. The van der Waals surface area contributed by atoms with Gasteiger partial charge in [-0.3, -0.25) is 10.1 Å². The van der Waals surface area contributed by atoms with Crippen LogP contribution in [0, 0.1) is 19.3 Å². The molecule has 4 nitrogen and oxygen atoms in total. The standard InChI is InChI=1S/C8H13ClN4/c1-5-8(9)6(2)13(12-5)4-3-7(10)11/h3-4H2,1-2H3,(H3,10,11). The van der Waals surface area contributed by atoms with Crippen molar-refractivity contribution in [2.45, 2.75) is 26.8 Å². The molecule has 1 aromatic rings. The maximum absolute atomic E-state index is 7.08. The summed E-state index contributed by atoms with van der Waals surface area (Å²) in [4.78, 5) is 0. The summed E-state index contributed by atoms with van der Waals surface area (Å²) in [6.45, 7) is 4.39. The van der Waals surface area contributed by atoms with Gasteiger partial charge in [-0.15, -0.1) is 0 Å². The highest BCUT2D eigenvalue weighted by Gasteiger charge is 2.08. The highest BCUT2D eigenvalue weighted by atomic mass is 35.5. The van der Waals surface area contributed by atoms with Gasteiger partial charge in [-0.25, -0.2) is 0 Å². The number of aromatic nitrogens is 2. The average molecular weight is 201 g/mol. The topological polar surface area (TPSA) is 67.7 Å². The third-order valence-electron chi connectivity index (χ3n) is 1.89. The summed E-state index contributed by atoms with van der Waals surface area (Å²) in [6.07, 6.45) is 0.512. The van der Waals surface area contributed by atoms with Crippen molar-refractivity contribution in [3.8, 4) is 0 Å². The fourth-order valence-electron chi connectivity index (χ4n) is 1.12. The molecule has 0 saturated heterocycles. The Balaban J connectivity index is 2.78. The molecular formula is C8H13ClN4. The molecule has 1 heterocycles. The Bertz CT molecular complexity index is 329. The SMILES string of the molecule is Cc1nn(CCC(=N)N)c(C)c1Cl. The van der Waals surface area contributed by atoms with Gasteiger partial charge in [-0.2, -0.15) is 5.10 Å². The maximum Gasteiger partial charge on any atom is 0.0923 e. The summed E-state index contributed by atoms with van der Waals surface area (Å²) in [7, 11) is 0. The van der Waals surface area contributed by atoms with Gasteiger partial charge in [0, 0.05) is 13.0 Å². The summed E-state index contributed by atoms with van der Waals surface area (Å²) in [5.74, 6) is 0.170. The number of aryl methyl sites for hydroxylation is 2. The first kappa shape index (κ1) is 10.1. The Labute approximate surface area is 82.2 Å². The Hall–Kier alpha value is -1.03. The zero-order chi connectivity index (χ0) is 10.0. The predicted octanol–water partition coefficient (Wildman–Crippen LogP) is 1.48. The zero-order valence-corrected chi connectivity index (χ0v) is 8.52. The maximum atomic E-state index is 7.08. The monoisotopic (exact) mass is 200 g/mol. The second-order valence-electron chi connectivity index (χ2n) is 2.98. The number of halogens is 1. The molecule has 0 spiro atoms. The van der Waals surface area contributed by atoms with Gasteiger partial charge in [0.1, 0.15) is 0 Å². The lowest BCUT2D eigenvalue weighted by Crippen LogP contribution is -2.14. The van der Waals surface area contributed by atoms with E-state index in [2.05, 4.69) is 5.10 Å². The van der Waals surface area contributed by atoms with E-state index in [4.69, 9.17) is 22.7 Å². The number of nitrogens with two attached hydrogens (primary N) is 1. The van der Waals surface area contributed by atoms with Crippen LogP contribution in [-0.2, 0) is 6.54 Å². The fourth-order valence-corrected chi connectivity index (χ4v) is 1.25. The summed E-state index contributed by atoms with van der Waals surface area (Å²) in [6, 6.07) is 0. The van der Waals surface area contributed by atoms with Gasteiger partial charge in [-0.05, 0) is 13.8 Å². The zero-order valence-electron chi connectivity index (χ0n) is 7.76. The van der Waals surface area contributed by atoms with Gasteiger partial charge in [0.2, 0.25) is 0 Å². The Morgan fingerprint density at radius 2 is 2.23 bits per heavy atom. The summed E-state index contributed by atoms with van der Waals surface area (Å²) >= 11 is 5.95. The van der Waals surface area contributed by atoms with Crippen LogP contribution in [0.2, 0.25) is 5.02 Å². The lowest BCUT2D eigenvalue weighted by atomic mass is 10.3. The van der Waals surface area contributed by atoms with Crippen LogP contribution in [0.25, 0.3) is 0 Å². The number of nitrogens with zero attached hydrogens (tertiary/aromatic N) is 2. The molecule has 0 aliphatic rings. The molecule has 0 bridgehead atoms. The normalized spacial score (nSPS) is 10.4. The molecule has 13 heavy (non-hydrogen) atoms. The third kappa shape index (κ3) is 2.21. The Morgan fingerprint density at radius 3 is 2.62 bits per heavy atom. The van der Waals surface area contributed by atoms with Crippen molar-refractivity contribution in [1.29, 1.82) is 5.41 Å². The van der Waals surface area contributed by atoms with Crippen LogP contribution in [0.1, 0.15) is 17.8 Å². The molecule has 0 saturated carbocycles. The van der Waals surface area contributed by atoms with Crippen molar-refractivity contribution in [2.75, 3.05) is 0 Å². The minimum Gasteiger partial charge on any atom is -0.388 e. The minimum atomic E-state index is 0.170. The van der Waals surface area contributed by atoms with Gasteiger partial charge in [-0.1, -0.05) is 11.6 Å². The van der Waals surface area contributed by atoms with Crippen molar-refractivity contribution in [2.24, 2.45) is 5.73 Å². The van der Waals surface area contributed by atoms with E-state index in [-0.39, 0.29) is 5.84 Å². The largest absolute Gasteiger partial charge is 0.388 e. The van der Waals surface area contributed by atoms with Crippen LogP contribution in [0.5, 0.6) is 0 Å². The van der Waals surface area contributed by atoms with E-state index in [1.807, 2.05) is 13.8 Å². The first-order chi connectivity index (χ1) is 6.02. The summed E-state index contributed by atoms with van der Waals surface area (Å²) in [5.41, 5.74) is 7.00. The van der Waals surface area contributed by atoms with Crippen LogP contribution >= 0.6 is 11.6 Å². The first-order valence-electron chi connectivity index (χ1n) is 4.04. The highest BCUT2D eigenvalue weighted by molar-refractivity contribution is 6.31. The van der Waals surface area contributed by atoms with E-state index < -0.39 is 0 Å². The second-order valence-corrected chi connectivity index (χ2v) is 3.36. The van der Waals surface area contributed by atoms with Crippen molar-refractivity contribution < 1.29 is 0 Å². The molecule has 0 unspecified atom stereocenters. The van der Waals surface area contributed by atoms with E-state index in [9.17, 15) is 0 Å². The van der Waals surface area contributed by atoms with Gasteiger partial charge < -0.3 is 5.73 Å². The number of rotatable bonds is 3. The molecule has 0 fully saturated rings. The van der Waals surface area contributed by atoms with Crippen LogP contribution in [0.3, 0.4) is 0 Å². The lowest BCUT2D eigenvalue weighted by Gasteiger charge is -2.02. The fraction of sp³-hybridized carbons (Fsp3) is 0.500. The van der Waals surface area contributed by atoms with E-state index in [0.29, 0.717) is 18.0 Å². The molecule has 0 radical (unpaired) electrons. The summed E-state index contributed by atoms with van der Waals surface area (Å²) in [5, 5.41) is 12.0. The molecule has 1 rings (SSSR count). The molecule has 0 amide bonds. The average Bonchev–Trinajstić information content (AvgIpc) is 2.29. The van der Waals surface area contributed by atoms with Gasteiger partial charge in [0.05, 0.1) is 22.2 Å². The first-order valence-corrected chi connectivity index (χ1v) is 4.42. The van der Waals surface area contributed by atoms with Gasteiger partial charge in [0.15, 0.2) is 0 Å². The highest BCUT2D eigenvalue weighted by Crippen LogP contribution is 2.18. The molecular weight excluding hydrogens is 188 g/mol. The van der Waals surface area contributed by atoms with Crippen LogP contribution < -0.4 is 5.73 Å². The number of hydrogen-bond acceptors (Lipinski definition) is 2. The van der Waals surface area contributed by atoms with Crippen molar-refractivity contribution in [3.05, 3.63) is 16.4 Å². The van der Waals surface area contributed by atoms with Gasteiger partial charge >= 0.3 is 0 Å². The second kappa shape index (κ2) is 3.79. The van der Waals surface area contributed by atoms with Crippen LogP contribution in [0.15, 0.2) is 0 Å². The molecule has 0 aromatic carbocycles. The predicted molar refractivity (Wildman–Crippen MR) is 53.2 cm³/mol. The Morgan fingerprint density at radius 1 is 1.62 bits per heavy atom. The molecule has 72 valence electrons. The third-order valence-corrected chi connectivity index (χ3v) is 2.43. The molecule has 1 aromatic heterocycles. The molecule has 5 heteroatoms. The molecule has 0 aliphatic heterocycles. The molecule has 0 aliphatic carbocycles. The van der Waals surface area contributed by atoms with Crippen molar-refractivity contribution in [1.82, 2.24) is 9.78 Å². The van der Waals surface area contributed by atoms with E-state index in [1.165, 1.54) is 0 Å². The van der Waals surface area contributed by atoms with Crippen molar-refractivity contribution in [3.63, 3.8) is 0 Å². The van der Waals surface area contributed by atoms with E-state index in [1.54, 1.807) is 4.68 Å². The minimum absolute atomic E-state index is 0.170. The number of nitrogens with one attached hydrogen (secondary N) is 1. The van der Waals surface area contributed by atoms with Crippen LogP contribution in [-0.4, -0.2) is 15.6 Å². The van der Waals surface area contributed by atoms with E-state index in [0.717, 1.165) is 11.4 Å².